The van der Waals surface area contributed by atoms with Crippen LogP contribution in [0.5, 0.6) is 5.75 Å². The molecule has 0 aliphatic heterocycles. The highest BCUT2D eigenvalue weighted by atomic mass is 16.5. The van der Waals surface area contributed by atoms with Gasteiger partial charge in [0.15, 0.2) is 0 Å². The predicted octanol–water partition coefficient (Wildman–Crippen LogP) is 2.63. The van der Waals surface area contributed by atoms with E-state index in [0.29, 0.717) is 30.9 Å². The maximum atomic E-state index is 12.0. The SMILES string of the molecule is CN=C(C)C(CCOc1cc(C)ccc1-c1ccc2ncc(CCN)n2c1)=C(N)C(=O)NC. The number of aryl methyl sites for hydroxylation is 1. The van der Waals surface area contributed by atoms with Crippen LogP contribution in [0.25, 0.3) is 16.8 Å². The number of fused-ring (bicyclic) bond motifs is 1. The Balaban J connectivity index is 1.90. The molecule has 0 saturated carbocycles. The fourth-order valence-corrected chi connectivity index (χ4v) is 3.69. The molecule has 8 nitrogen and oxygen atoms in total. The number of hydrogen-bond donors (Lipinski definition) is 3. The Morgan fingerprint density at radius 2 is 2.06 bits per heavy atom. The molecule has 0 atom stereocenters. The van der Waals surface area contributed by atoms with Crippen LogP contribution in [0.4, 0.5) is 0 Å². The smallest absolute Gasteiger partial charge is 0.267 e. The van der Waals surface area contributed by atoms with E-state index >= 15 is 0 Å². The number of aliphatic imine (C=N–C) groups is 1. The lowest BCUT2D eigenvalue weighted by molar-refractivity contribution is -0.117. The minimum Gasteiger partial charge on any atom is -0.493 e. The Morgan fingerprint density at radius 3 is 2.76 bits per heavy atom. The lowest BCUT2D eigenvalue weighted by Crippen LogP contribution is -2.28. The normalized spacial score (nSPS) is 12.6. The highest BCUT2D eigenvalue weighted by Gasteiger charge is 2.15. The fraction of sp³-hybridized carbons (Fsp3) is 0.320. The number of nitrogens with two attached hydrogens (primary N) is 2. The number of rotatable bonds is 9. The molecule has 2 aromatic heterocycles. The second-order valence-corrected chi connectivity index (χ2v) is 7.81. The van der Waals surface area contributed by atoms with E-state index in [1.165, 1.54) is 0 Å². The number of pyridine rings is 1. The van der Waals surface area contributed by atoms with Gasteiger partial charge in [0.25, 0.3) is 5.91 Å². The zero-order valence-electron chi connectivity index (χ0n) is 19.7. The summed E-state index contributed by atoms with van der Waals surface area (Å²) in [6.07, 6.45) is 5.13. The van der Waals surface area contributed by atoms with Crippen molar-refractivity contribution in [2.45, 2.75) is 26.7 Å². The molecule has 1 aromatic carbocycles. The third-order valence-corrected chi connectivity index (χ3v) is 5.61. The average Bonchev–Trinajstić information content (AvgIpc) is 3.22. The topological polar surface area (TPSA) is 120 Å². The van der Waals surface area contributed by atoms with Gasteiger partial charge in [0, 0.05) is 67.4 Å². The number of aromatic nitrogens is 2. The molecule has 0 radical (unpaired) electrons. The van der Waals surface area contributed by atoms with Crippen LogP contribution in [0, 0.1) is 6.92 Å². The van der Waals surface area contributed by atoms with Crippen molar-refractivity contribution in [3.63, 3.8) is 0 Å². The molecule has 0 aliphatic carbocycles. The number of ether oxygens (including phenoxy) is 1. The van der Waals surface area contributed by atoms with Crippen LogP contribution < -0.4 is 21.5 Å². The number of benzene rings is 1. The van der Waals surface area contributed by atoms with Crippen molar-refractivity contribution in [2.75, 3.05) is 27.2 Å². The average molecular weight is 449 g/mol. The summed E-state index contributed by atoms with van der Waals surface area (Å²) < 4.78 is 8.28. The van der Waals surface area contributed by atoms with Crippen LogP contribution in [-0.4, -0.2) is 48.3 Å². The number of amides is 1. The Morgan fingerprint density at radius 1 is 1.27 bits per heavy atom. The minimum absolute atomic E-state index is 0.159. The van der Waals surface area contributed by atoms with Gasteiger partial charge in [-0.25, -0.2) is 4.98 Å². The summed E-state index contributed by atoms with van der Waals surface area (Å²) in [5.41, 5.74) is 18.4. The molecule has 0 aliphatic rings. The molecule has 5 N–H and O–H groups in total. The predicted molar refractivity (Wildman–Crippen MR) is 133 cm³/mol. The standard InChI is InChI=1S/C25H32N6O2/c1-16-5-7-21(18-6-8-23-30-14-19(9-11-26)31(23)15-18)22(13-16)33-12-10-20(17(2)28-3)24(27)25(32)29-4/h5-8,13-15H,9-12,26-27H2,1-4H3,(H,29,32). The van der Waals surface area contributed by atoms with Gasteiger partial charge in [0.2, 0.25) is 0 Å². The van der Waals surface area contributed by atoms with E-state index < -0.39 is 0 Å². The van der Waals surface area contributed by atoms with Gasteiger partial charge >= 0.3 is 0 Å². The summed E-state index contributed by atoms with van der Waals surface area (Å²) in [6, 6.07) is 10.2. The van der Waals surface area contributed by atoms with Crippen LogP contribution >= 0.6 is 0 Å². The summed E-state index contributed by atoms with van der Waals surface area (Å²) in [5.74, 6) is 0.435. The van der Waals surface area contributed by atoms with E-state index in [9.17, 15) is 4.79 Å². The number of likely N-dealkylation sites (N-methyl/N-ethyl adjacent to an activating group) is 1. The fourth-order valence-electron chi connectivity index (χ4n) is 3.69. The maximum Gasteiger partial charge on any atom is 0.267 e. The molecule has 0 bridgehead atoms. The second kappa shape index (κ2) is 10.8. The minimum atomic E-state index is -0.328. The number of hydrogen-bond acceptors (Lipinski definition) is 6. The number of carbonyl (C=O) groups is 1. The van der Waals surface area contributed by atoms with Crippen LogP contribution in [-0.2, 0) is 11.2 Å². The van der Waals surface area contributed by atoms with Gasteiger partial charge in [-0.1, -0.05) is 12.1 Å². The van der Waals surface area contributed by atoms with Gasteiger partial charge in [0.1, 0.15) is 17.1 Å². The Labute approximate surface area is 194 Å². The van der Waals surface area contributed by atoms with E-state index in [2.05, 4.69) is 38.0 Å². The van der Waals surface area contributed by atoms with Crippen LogP contribution in [0.3, 0.4) is 0 Å². The van der Waals surface area contributed by atoms with E-state index in [4.69, 9.17) is 16.2 Å². The maximum absolute atomic E-state index is 12.0. The molecule has 3 aromatic rings. The molecular weight excluding hydrogens is 416 g/mol. The monoisotopic (exact) mass is 448 g/mol. The van der Waals surface area contributed by atoms with Gasteiger partial charge < -0.3 is 25.9 Å². The highest BCUT2D eigenvalue weighted by Crippen LogP contribution is 2.32. The quantitative estimate of drug-likeness (QED) is 0.343. The zero-order chi connectivity index (χ0) is 24.0. The van der Waals surface area contributed by atoms with Gasteiger partial charge in [-0.05, 0) is 44.2 Å². The Bertz CT molecular complexity index is 1210. The molecule has 174 valence electrons. The summed E-state index contributed by atoms with van der Waals surface area (Å²) >= 11 is 0. The number of imidazole rings is 1. The summed E-state index contributed by atoms with van der Waals surface area (Å²) in [6.45, 7) is 4.77. The van der Waals surface area contributed by atoms with Crippen LogP contribution in [0.2, 0.25) is 0 Å². The molecular formula is C25H32N6O2. The van der Waals surface area contributed by atoms with Crippen molar-refractivity contribution in [2.24, 2.45) is 16.5 Å². The zero-order valence-corrected chi connectivity index (χ0v) is 19.7. The molecule has 8 heteroatoms. The van der Waals surface area contributed by atoms with Gasteiger partial charge in [-0.15, -0.1) is 0 Å². The van der Waals surface area contributed by atoms with Crippen LogP contribution in [0.15, 0.2) is 59.0 Å². The first kappa shape index (κ1) is 24.0. The van der Waals surface area contributed by atoms with Gasteiger partial charge in [-0.2, -0.15) is 0 Å². The van der Waals surface area contributed by atoms with E-state index in [1.54, 1.807) is 14.1 Å². The lowest BCUT2D eigenvalue weighted by Gasteiger charge is -2.15. The Kier molecular flexibility index (Phi) is 7.84. The number of nitrogens with zero attached hydrogens (tertiary/aromatic N) is 3. The first-order valence-corrected chi connectivity index (χ1v) is 10.9. The molecule has 0 unspecified atom stereocenters. The molecule has 0 saturated heterocycles. The van der Waals surface area contributed by atoms with E-state index in [1.807, 2.05) is 38.2 Å². The van der Waals surface area contributed by atoms with Gasteiger partial charge in [0.05, 0.1) is 6.61 Å². The van der Waals surface area contributed by atoms with Crippen molar-refractivity contribution < 1.29 is 9.53 Å². The molecule has 3 rings (SSSR count). The third kappa shape index (κ3) is 5.40. The van der Waals surface area contributed by atoms with Crippen molar-refractivity contribution >= 4 is 17.3 Å². The van der Waals surface area contributed by atoms with Crippen molar-refractivity contribution in [1.29, 1.82) is 0 Å². The van der Waals surface area contributed by atoms with Crippen molar-refractivity contribution in [3.8, 4) is 16.9 Å². The molecule has 2 heterocycles. The largest absolute Gasteiger partial charge is 0.493 e. The lowest BCUT2D eigenvalue weighted by atomic mass is 10.0. The summed E-state index contributed by atoms with van der Waals surface area (Å²) in [4.78, 5) is 20.7. The molecule has 0 spiro atoms. The summed E-state index contributed by atoms with van der Waals surface area (Å²) in [5, 5.41) is 2.56. The number of carbonyl (C=O) groups excluding carboxylic acids is 1. The first-order valence-electron chi connectivity index (χ1n) is 10.9. The Hall–Kier alpha value is -3.65. The van der Waals surface area contributed by atoms with Crippen molar-refractivity contribution in [3.05, 3.63) is 65.3 Å². The number of nitrogens with one attached hydrogen (secondary N) is 1. The first-order chi connectivity index (χ1) is 15.9. The second-order valence-electron chi connectivity index (χ2n) is 7.81. The summed E-state index contributed by atoms with van der Waals surface area (Å²) in [7, 11) is 3.23. The van der Waals surface area contributed by atoms with Gasteiger partial charge in [-0.3, -0.25) is 9.79 Å². The van der Waals surface area contributed by atoms with E-state index in [-0.39, 0.29) is 11.6 Å². The molecule has 1 amide bonds. The highest BCUT2D eigenvalue weighted by molar-refractivity contribution is 6.06. The molecule has 0 fully saturated rings. The molecule has 33 heavy (non-hydrogen) atoms. The van der Waals surface area contributed by atoms with Crippen molar-refractivity contribution in [1.82, 2.24) is 14.7 Å². The van der Waals surface area contributed by atoms with E-state index in [0.717, 1.165) is 40.2 Å². The van der Waals surface area contributed by atoms with Crippen LogP contribution in [0.1, 0.15) is 24.6 Å². The third-order valence-electron chi connectivity index (χ3n) is 5.61.